The average Bonchev–Trinajstić information content (AvgIpc) is 2.85. The number of amides is 1. The van der Waals surface area contributed by atoms with Crippen molar-refractivity contribution in [3.8, 4) is 0 Å². The molecule has 3 aromatic rings. The van der Waals surface area contributed by atoms with Crippen LogP contribution in [0.2, 0.25) is 0 Å². The third-order valence-electron chi connectivity index (χ3n) is 5.11. The molecule has 1 aliphatic rings. The fourth-order valence-corrected chi connectivity index (χ4v) is 3.44. The highest BCUT2D eigenvalue weighted by molar-refractivity contribution is 5.84. The maximum Gasteiger partial charge on any atom is 0.411 e. The maximum absolute atomic E-state index is 12.1. The predicted molar refractivity (Wildman–Crippen MR) is 133 cm³/mol. The highest BCUT2D eigenvalue weighted by Crippen LogP contribution is 2.18. The van der Waals surface area contributed by atoms with Crippen molar-refractivity contribution in [2.75, 3.05) is 48.6 Å². The first-order chi connectivity index (χ1) is 16.7. The molecule has 2 heterocycles. The van der Waals surface area contributed by atoms with Gasteiger partial charge in [-0.05, 0) is 24.6 Å². The Labute approximate surface area is 198 Å². The lowest BCUT2D eigenvalue weighted by molar-refractivity contribution is 0.122. The lowest BCUT2D eigenvalue weighted by Gasteiger charge is -2.28. The number of hydrazone groups is 1. The molecule has 0 spiro atoms. The first kappa shape index (κ1) is 23.2. The molecule has 0 saturated carbocycles. The molecule has 0 unspecified atom stereocenters. The van der Waals surface area contributed by atoms with Crippen molar-refractivity contribution in [2.24, 2.45) is 5.10 Å². The molecule has 1 aliphatic heterocycles. The van der Waals surface area contributed by atoms with Gasteiger partial charge in [0.05, 0.1) is 19.4 Å². The Morgan fingerprint density at radius 1 is 1.12 bits per heavy atom. The Kier molecular flexibility index (Phi) is 8.02. The number of carbonyl (C=O) groups excluding carboxylic acids is 1. The van der Waals surface area contributed by atoms with E-state index >= 15 is 0 Å². The molecule has 2 aromatic carbocycles. The van der Waals surface area contributed by atoms with Crippen LogP contribution in [0.3, 0.4) is 0 Å². The van der Waals surface area contributed by atoms with Crippen LogP contribution in [-0.4, -0.2) is 55.2 Å². The largest absolute Gasteiger partial charge is 0.449 e. The molecule has 9 nitrogen and oxygen atoms in total. The Morgan fingerprint density at radius 2 is 1.94 bits per heavy atom. The van der Waals surface area contributed by atoms with E-state index in [1.807, 2.05) is 55.5 Å². The van der Waals surface area contributed by atoms with E-state index in [1.54, 1.807) is 18.3 Å². The molecule has 0 bridgehead atoms. The number of nitrogens with zero attached hydrogens (tertiary/aromatic N) is 4. The number of nitrogens with one attached hydrogen (secondary N) is 2. The van der Waals surface area contributed by atoms with Gasteiger partial charge in [0.15, 0.2) is 5.82 Å². The number of aromatic nitrogens is 2. The van der Waals surface area contributed by atoms with E-state index in [-0.39, 0.29) is 6.61 Å². The van der Waals surface area contributed by atoms with Crippen molar-refractivity contribution in [3.63, 3.8) is 0 Å². The van der Waals surface area contributed by atoms with Gasteiger partial charge in [-0.15, -0.1) is 0 Å². The van der Waals surface area contributed by atoms with Crippen LogP contribution in [0.25, 0.3) is 0 Å². The zero-order valence-corrected chi connectivity index (χ0v) is 19.1. The lowest BCUT2D eigenvalue weighted by Crippen LogP contribution is -2.37. The summed E-state index contributed by atoms with van der Waals surface area (Å²) in [5.74, 6) is 1.92. The van der Waals surface area contributed by atoms with E-state index in [4.69, 9.17) is 9.47 Å². The van der Waals surface area contributed by atoms with E-state index in [9.17, 15) is 4.79 Å². The van der Waals surface area contributed by atoms with Crippen LogP contribution < -0.4 is 15.6 Å². The zero-order chi connectivity index (χ0) is 23.6. The molecule has 0 radical (unpaired) electrons. The van der Waals surface area contributed by atoms with Crippen molar-refractivity contribution >= 4 is 29.6 Å². The number of ether oxygens (including phenoxy) is 2. The first-order valence-electron chi connectivity index (χ1n) is 11.2. The van der Waals surface area contributed by atoms with E-state index in [1.165, 1.54) is 5.56 Å². The summed E-state index contributed by atoms with van der Waals surface area (Å²) in [6, 6.07) is 19.1. The van der Waals surface area contributed by atoms with E-state index in [0.29, 0.717) is 37.0 Å². The number of hydrogen-bond acceptors (Lipinski definition) is 8. The van der Waals surface area contributed by atoms with Crippen molar-refractivity contribution in [3.05, 3.63) is 77.6 Å². The molecule has 2 N–H and O–H groups in total. The second-order valence-electron chi connectivity index (χ2n) is 7.79. The first-order valence-corrected chi connectivity index (χ1v) is 11.2. The summed E-state index contributed by atoms with van der Waals surface area (Å²) in [6.45, 7) is 4.99. The molecule has 1 fully saturated rings. The maximum atomic E-state index is 12.1. The molecule has 0 aliphatic carbocycles. The number of benzene rings is 2. The third-order valence-corrected chi connectivity index (χ3v) is 5.11. The van der Waals surface area contributed by atoms with Crippen molar-refractivity contribution in [1.29, 1.82) is 0 Å². The molecule has 0 atom stereocenters. The minimum atomic E-state index is -0.517. The molecular weight excluding hydrogens is 432 g/mol. The average molecular weight is 461 g/mol. The topological polar surface area (TPSA) is 101 Å². The van der Waals surface area contributed by atoms with Crippen LogP contribution in [0.1, 0.15) is 17.0 Å². The number of anilines is 3. The normalized spacial score (nSPS) is 13.6. The summed E-state index contributed by atoms with van der Waals surface area (Å²) in [7, 11) is 0. The predicted octanol–water partition coefficient (Wildman–Crippen LogP) is 3.86. The van der Waals surface area contributed by atoms with E-state index in [2.05, 4.69) is 30.7 Å². The zero-order valence-electron chi connectivity index (χ0n) is 19.1. The molecule has 1 aromatic heterocycles. The van der Waals surface area contributed by atoms with Gasteiger partial charge in [0, 0.05) is 31.3 Å². The minimum Gasteiger partial charge on any atom is -0.449 e. The fraction of sp³-hybridized carbons (Fsp3) is 0.280. The molecule has 4 rings (SSSR count). The van der Waals surface area contributed by atoms with Gasteiger partial charge in [0.25, 0.3) is 0 Å². The van der Waals surface area contributed by atoms with Gasteiger partial charge in [-0.1, -0.05) is 48.0 Å². The summed E-state index contributed by atoms with van der Waals surface area (Å²) in [5, 5.41) is 7.03. The van der Waals surface area contributed by atoms with Crippen molar-refractivity contribution in [1.82, 2.24) is 9.97 Å². The number of carbonyl (C=O) groups is 1. The van der Waals surface area contributed by atoms with Gasteiger partial charge in [0.1, 0.15) is 18.2 Å². The molecule has 34 heavy (non-hydrogen) atoms. The van der Waals surface area contributed by atoms with Gasteiger partial charge in [-0.25, -0.2) is 14.8 Å². The second-order valence-corrected chi connectivity index (χ2v) is 7.79. The van der Waals surface area contributed by atoms with Gasteiger partial charge < -0.3 is 14.4 Å². The van der Waals surface area contributed by atoms with Crippen molar-refractivity contribution in [2.45, 2.75) is 13.3 Å². The molecule has 176 valence electrons. The number of aryl methyl sites for hydroxylation is 1. The van der Waals surface area contributed by atoms with Gasteiger partial charge in [-0.3, -0.25) is 10.7 Å². The summed E-state index contributed by atoms with van der Waals surface area (Å²) >= 11 is 0. The van der Waals surface area contributed by atoms with Crippen LogP contribution in [-0.2, 0) is 15.9 Å². The fourth-order valence-electron chi connectivity index (χ4n) is 3.44. The van der Waals surface area contributed by atoms with Gasteiger partial charge in [0.2, 0.25) is 0 Å². The van der Waals surface area contributed by atoms with Crippen LogP contribution in [0.5, 0.6) is 0 Å². The SMILES string of the molecule is Cc1cccc(/C=N/Nc2cc(N3CCOCC3)nc(CCOC(=O)Nc3ccccc3)n2)c1. The van der Waals surface area contributed by atoms with Crippen molar-refractivity contribution < 1.29 is 14.3 Å². The highest BCUT2D eigenvalue weighted by Gasteiger charge is 2.15. The van der Waals surface area contributed by atoms with E-state index in [0.717, 1.165) is 24.5 Å². The standard InChI is InChI=1S/C25H28N6O3/c1-19-6-5-7-20(16-19)18-26-30-23-17-24(31-11-14-33-15-12-31)29-22(28-23)10-13-34-25(32)27-21-8-3-2-4-9-21/h2-9,16-18H,10-15H2,1H3,(H,27,32)(H,28,29,30)/b26-18+. The second kappa shape index (κ2) is 11.8. The minimum absolute atomic E-state index is 0.150. The molecular formula is C25H28N6O3. The summed E-state index contributed by atoms with van der Waals surface area (Å²) in [5.41, 5.74) is 5.84. The summed E-state index contributed by atoms with van der Waals surface area (Å²) in [6.07, 6.45) is 1.60. The molecule has 1 amide bonds. The quantitative estimate of drug-likeness (QED) is 0.389. The van der Waals surface area contributed by atoms with Crippen LogP contribution in [0, 0.1) is 6.92 Å². The Morgan fingerprint density at radius 3 is 2.74 bits per heavy atom. The van der Waals surface area contributed by atoms with E-state index < -0.39 is 6.09 Å². The highest BCUT2D eigenvalue weighted by atomic mass is 16.5. The number of rotatable bonds is 8. The third kappa shape index (κ3) is 7.01. The molecule has 9 heteroatoms. The van der Waals surface area contributed by atoms with Crippen LogP contribution in [0.4, 0.5) is 22.1 Å². The Bertz CT molecular complexity index is 1120. The number of morpholine rings is 1. The number of hydrogen-bond donors (Lipinski definition) is 2. The van der Waals surface area contributed by atoms with Crippen LogP contribution >= 0.6 is 0 Å². The summed E-state index contributed by atoms with van der Waals surface area (Å²) < 4.78 is 10.8. The molecule has 1 saturated heterocycles. The number of para-hydroxylation sites is 1. The smallest absolute Gasteiger partial charge is 0.411 e. The summed E-state index contributed by atoms with van der Waals surface area (Å²) in [4.78, 5) is 23.4. The Balaban J connectivity index is 1.40. The van der Waals surface area contributed by atoms with Crippen LogP contribution in [0.15, 0.2) is 65.8 Å². The van der Waals surface area contributed by atoms with Gasteiger partial charge >= 0.3 is 6.09 Å². The monoisotopic (exact) mass is 460 g/mol. The lowest BCUT2D eigenvalue weighted by atomic mass is 10.2. The Hall–Kier alpha value is -3.98. The van der Waals surface area contributed by atoms with Gasteiger partial charge in [-0.2, -0.15) is 5.10 Å².